The maximum Gasteiger partial charge on any atom is 0.252 e. The van der Waals surface area contributed by atoms with Crippen LogP contribution in [0.25, 0.3) is 0 Å². The summed E-state index contributed by atoms with van der Waals surface area (Å²) in [5.41, 5.74) is 7.36. The van der Waals surface area contributed by atoms with Gasteiger partial charge in [0, 0.05) is 17.1 Å². The van der Waals surface area contributed by atoms with Gasteiger partial charge in [0.05, 0.1) is 5.56 Å². The first-order chi connectivity index (χ1) is 8.08. The summed E-state index contributed by atoms with van der Waals surface area (Å²) in [5.74, 6) is -0.0653. The highest BCUT2D eigenvalue weighted by Gasteiger charge is 2.14. The van der Waals surface area contributed by atoms with Crippen molar-refractivity contribution in [3.8, 4) is 0 Å². The molecule has 0 heterocycles. The van der Waals surface area contributed by atoms with E-state index in [1.807, 2.05) is 25.1 Å². The standard InChI is InChI=1S/C13H19BrN2O/c1-3-4-10(8-15)16-13(17)11-7-9(2)5-6-12(11)14/h5-7,10H,3-4,8,15H2,1-2H3,(H,16,17). The summed E-state index contributed by atoms with van der Waals surface area (Å²) in [4.78, 5) is 12.1. The fraction of sp³-hybridized carbons (Fsp3) is 0.462. The number of nitrogens with two attached hydrogens (primary N) is 1. The van der Waals surface area contributed by atoms with Crippen LogP contribution in [0.3, 0.4) is 0 Å². The predicted octanol–water partition coefficient (Wildman–Crippen LogP) is 2.61. The second-order valence-corrected chi connectivity index (χ2v) is 5.03. The molecule has 1 unspecified atom stereocenters. The van der Waals surface area contributed by atoms with E-state index in [2.05, 4.69) is 28.2 Å². The summed E-state index contributed by atoms with van der Waals surface area (Å²) in [6.07, 6.45) is 1.92. The van der Waals surface area contributed by atoms with Crippen molar-refractivity contribution in [3.05, 3.63) is 33.8 Å². The third-order valence-corrected chi connectivity index (χ3v) is 3.31. The summed E-state index contributed by atoms with van der Waals surface area (Å²) in [5, 5.41) is 2.96. The fourth-order valence-electron chi connectivity index (χ4n) is 1.67. The first-order valence-corrected chi connectivity index (χ1v) is 6.64. The quantitative estimate of drug-likeness (QED) is 0.878. The van der Waals surface area contributed by atoms with Gasteiger partial charge in [-0.05, 0) is 41.4 Å². The summed E-state index contributed by atoms with van der Waals surface area (Å²) in [6.45, 7) is 4.52. The molecular formula is C13H19BrN2O. The lowest BCUT2D eigenvalue weighted by atomic mass is 10.1. The van der Waals surface area contributed by atoms with Crippen LogP contribution in [0.1, 0.15) is 35.7 Å². The Morgan fingerprint density at radius 2 is 2.24 bits per heavy atom. The van der Waals surface area contributed by atoms with Crippen LogP contribution in [0, 0.1) is 6.92 Å². The lowest BCUT2D eigenvalue weighted by Gasteiger charge is -2.16. The van der Waals surface area contributed by atoms with Gasteiger partial charge in [0.25, 0.3) is 5.91 Å². The zero-order valence-corrected chi connectivity index (χ0v) is 11.9. The number of hydrogen-bond donors (Lipinski definition) is 2. The summed E-state index contributed by atoms with van der Waals surface area (Å²) >= 11 is 3.39. The van der Waals surface area contributed by atoms with Gasteiger partial charge in [-0.25, -0.2) is 0 Å². The molecule has 4 heteroatoms. The van der Waals surface area contributed by atoms with E-state index in [0.29, 0.717) is 12.1 Å². The van der Waals surface area contributed by atoms with Gasteiger partial charge in [-0.15, -0.1) is 0 Å². The number of amides is 1. The van der Waals surface area contributed by atoms with Gasteiger partial charge < -0.3 is 11.1 Å². The molecule has 1 amide bonds. The zero-order chi connectivity index (χ0) is 12.8. The highest BCUT2D eigenvalue weighted by atomic mass is 79.9. The Kier molecular flexibility index (Phi) is 5.65. The molecule has 3 N–H and O–H groups in total. The van der Waals surface area contributed by atoms with Crippen molar-refractivity contribution in [1.82, 2.24) is 5.32 Å². The largest absolute Gasteiger partial charge is 0.348 e. The Morgan fingerprint density at radius 1 is 1.53 bits per heavy atom. The summed E-state index contributed by atoms with van der Waals surface area (Å²) in [6, 6.07) is 5.79. The van der Waals surface area contributed by atoms with Gasteiger partial charge in [0.2, 0.25) is 0 Å². The average Bonchev–Trinajstić information content (AvgIpc) is 2.31. The number of halogens is 1. The molecule has 17 heavy (non-hydrogen) atoms. The average molecular weight is 299 g/mol. The number of benzene rings is 1. The van der Waals surface area contributed by atoms with Crippen molar-refractivity contribution >= 4 is 21.8 Å². The Balaban J connectivity index is 2.78. The van der Waals surface area contributed by atoms with Gasteiger partial charge >= 0.3 is 0 Å². The van der Waals surface area contributed by atoms with Crippen LogP contribution in [-0.2, 0) is 0 Å². The topological polar surface area (TPSA) is 55.1 Å². The molecule has 0 aliphatic carbocycles. The normalized spacial score (nSPS) is 12.2. The van der Waals surface area contributed by atoms with Gasteiger partial charge in [-0.3, -0.25) is 4.79 Å². The molecule has 0 aromatic heterocycles. The minimum Gasteiger partial charge on any atom is -0.348 e. The fourth-order valence-corrected chi connectivity index (χ4v) is 2.10. The lowest BCUT2D eigenvalue weighted by Crippen LogP contribution is -2.40. The maximum atomic E-state index is 12.1. The number of rotatable bonds is 5. The molecule has 0 saturated carbocycles. The van der Waals surface area contributed by atoms with E-state index in [-0.39, 0.29) is 11.9 Å². The second kappa shape index (κ2) is 6.77. The van der Waals surface area contributed by atoms with Crippen molar-refractivity contribution < 1.29 is 4.79 Å². The molecule has 0 bridgehead atoms. The van der Waals surface area contributed by atoms with Crippen LogP contribution < -0.4 is 11.1 Å². The van der Waals surface area contributed by atoms with E-state index < -0.39 is 0 Å². The molecule has 0 fully saturated rings. The molecule has 3 nitrogen and oxygen atoms in total. The Bertz CT molecular complexity index is 393. The number of hydrogen-bond acceptors (Lipinski definition) is 2. The highest BCUT2D eigenvalue weighted by molar-refractivity contribution is 9.10. The van der Waals surface area contributed by atoms with Crippen molar-refractivity contribution in [1.29, 1.82) is 0 Å². The van der Waals surface area contributed by atoms with Crippen LogP contribution >= 0.6 is 15.9 Å². The smallest absolute Gasteiger partial charge is 0.252 e. The maximum absolute atomic E-state index is 12.1. The van der Waals surface area contributed by atoms with E-state index in [0.717, 1.165) is 22.9 Å². The van der Waals surface area contributed by atoms with E-state index in [9.17, 15) is 4.79 Å². The number of aryl methyl sites for hydroxylation is 1. The zero-order valence-electron chi connectivity index (χ0n) is 10.3. The van der Waals surface area contributed by atoms with Crippen LogP contribution in [0.5, 0.6) is 0 Å². The molecule has 0 radical (unpaired) electrons. The van der Waals surface area contributed by atoms with Gasteiger partial charge in [0.1, 0.15) is 0 Å². The molecule has 94 valence electrons. The minimum atomic E-state index is -0.0653. The highest BCUT2D eigenvalue weighted by Crippen LogP contribution is 2.18. The van der Waals surface area contributed by atoms with Crippen molar-refractivity contribution in [3.63, 3.8) is 0 Å². The van der Waals surface area contributed by atoms with E-state index in [1.165, 1.54) is 0 Å². The minimum absolute atomic E-state index is 0.0555. The van der Waals surface area contributed by atoms with Gasteiger partial charge in [-0.2, -0.15) is 0 Å². The van der Waals surface area contributed by atoms with Crippen molar-refractivity contribution in [2.24, 2.45) is 5.73 Å². The van der Waals surface area contributed by atoms with Gasteiger partial charge in [0.15, 0.2) is 0 Å². The van der Waals surface area contributed by atoms with Crippen molar-refractivity contribution in [2.75, 3.05) is 6.54 Å². The molecule has 0 saturated heterocycles. The number of carbonyl (C=O) groups is 1. The monoisotopic (exact) mass is 298 g/mol. The Labute approximate surface area is 111 Å². The second-order valence-electron chi connectivity index (χ2n) is 4.18. The summed E-state index contributed by atoms with van der Waals surface area (Å²) in [7, 11) is 0. The molecule has 1 rings (SSSR count). The molecule has 0 spiro atoms. The van der Waals surface area contributed by atoms with E-state index in [4.69, 9.17) is 5.73 Å². The van der Waals surface area contributed by atoms with Crippen LogP contribution in [0.2, 0.25) is 0 Å². The van der Waals surface area contributed by atoms with Crippen LogP contribution in [-0.4, -0.2) is 18.5 Å². The third kappa shape index (κ3) is 4.13. The number of nitrogens with one attached hydrogen (secondary N) is 1. The predicted molar refractivity (Wildman–Crippen MR) is 74.1 cm³/mol. The van der Waals surface area contributed by atoms with Crippen LogP contribution in [0.4, 0.5) is 0 Å². The Hall–Kier alpha value is -0.870. The molecule has 1 atom stereocenters. The Morgan fingerprint density at radius 3 is 2.82 bits per heavy atom. The van der Waals surface area contributed by atoms with E-state index >= 15 is 0 Å². The summed E-state index contributed by atoms with van der Waals surface area (Å²) < 4.78 is 0.813. The van der Waals surface area contributed by atoms with Crippen molar-refractivity contribution in [2.45, 2.75) is 32.7 Å². The third-order valence-electron chi connectivity index (χ3n) is 2.62. The van der Waals surface area contributed by atoms with Gasteiger partial charge in [-0.1, -0.05) is 25.0 Å². The molecule has 0 aliphatic heterocycles. The molecular weight excluding hydrogens is 280 g/mol. The first kappa shape index (κ1) is 14.2. The van der Waals surface area contributed by atoms with Crippen LogP contribution in [0.15, 0.2) is 22.7 Å². The molecule has 1 aromatic carbocycles. The first-order valence-electron chi connectivity index (χ1n) is 5.85. The molecule has 1 aromatic rings. The number of carbonyl (C=O) groups excluding carboxylic acids is 1. The molecule has 0 aliphatic rings. The SMILES string of the molecule is CCCC(CN)NC(=O)c1cc(C)ccc1Br. The van der Waals surface area contributed by atoms with E-state index in [1.54, 1.807) is 0 Å². The lowest BCUT2D eigenvalue weighted by molar-refractivity contribution is 0.0935.